The van der Waals surface area contributed by atoms with Gasteiger partial charge in [-0.15, -0.1) is 0 Å². The fourth-order valence-corrected chi connectivity index (χ4v) is 4.15. The first-order valence-corrected chi connectivity index (χ1v) is 9.69. The second-order valence-electron chi connectivity index (χ2n) is 7.01. The van der Waals surface area contributed by atoms with Gasteiger partial charge >= 0.3 is 0 Å². The molecular weight excluding hydrogens is 372 g/mol. The zero-order chi connectivity index (χ0) is 17.4. The average molecular weight is 395 g/mol. The molecule has 0 unspecified atom stereocenters. The molecule has 1 heterocycles. The summed E-state index contributed by atoms with van der Waals surface area (Å²) in [5, 5.41) is 5.12. The van der Waals surface area contributed by atoms with Gasteiger partial charge < -0.3 is 10.3 Å². The molecule has 2 nitrogen and oxygen atoms in total. The quantitative estimate of drug-likeness (QED) is 0.546. The van der Waals surface area contributed by atoms with Crippen LogP contribution in [0.4, 0.5) is 0 Å². The highest BCUT2D eigenvalue weighted by molar-refractivity contribution is 9.10. The van der Waals surface area contributed by atoms with E-state index < -0.39 is 0 Å². The van der Waals surface area contributed by atoms with Crippen molar-refractivity contribution in [2.45, 2.75) is 38.8 Å². The zero-order valence-corrected chi connectivity index (χ0v) is 16.1. The van der Waals surface area contributed by atoms with Crippen LogP contribution in [-0.2, 0) is 13.0 Å². The van der Waals surface area contributed by atoms with E-state index in [0.29, 0.717) is 6.04 Å². The van der Waals surface area contributed by atoms with E-state index in [-0.39, 0.29) is 0 Å². The highest BCUT2D eigenvalue weighted by Gasteiger charge is 2.23. The Bertz CT molecular complexity index is 921. The molecule has 0 saturated heterocycles. The summed E-state index contributed by atoms with van der Waals surface area (Å²) >= 11 is 3.60. The van der Waals surface area contributed by atoms with Gasteiger partial charge in [0.05, 0.1) is 0 Å². The number of halogens is 1. The van der Waals surface area contributed by atoms with Gasteiger partial charge in [-0.2, -0.15) is 0 Å². The first kappa shape index (κ1) is 16.6. The fourth-order valence-electron chi connectivity index (χ4n) is 3.79. The molecule has 0 amide bonds. The van der Waals surface area contributed by atoms with E-state index in [1.54, 1.807) is 0 Å². The molecule has 3 aromatic rings. The van der Waals surface area contributed by atoms with Gasteiger partial charge in [-0.05, 0) is 61.1 Å². The second-order valence-corrected chi connectivity index (χ2v) is 7.93. The number of aryl methyl sites for hydroxylation is 1. The highest BCUT2D eigenvalue weighted by Crippen LogP contribution is 2.35. The van der Waals surface area contributed by atoms with Crippen LogP contribution in [0, 0.1) is 0 Å². The number of fused-ring (bicyclic) bond motifs is 3. The lowest BCUT2D eigenvalue weighted by Crippen LogP contribution is -2.24. The Hall–Kier alpha value is -1.84. The van der Waals surface area contributed by atoms with Crippen molar-refractivity contribution >= 4 is 32.4 Å². The lowest BCUT2D eigenvalue weighted by molar-refractivity contribution is 0.452. The van der Waals surface area contributed by atoms with E-state index in [0.717, 1.165) is 23.0 Å². The first-order valence-electron chi connectivity index (χ1n) is 8.90. The van der Waals surface area contributed by atoms with E-state index in [2.05, 4.69) is 75.3 Å². The van der Waals surface area contributed by atoms with Crippen LogP contribution in [0.1, 0.15) is 48.2 Å². The van der Waals surface area contributed by atoms with Crippen molar-refractivity contribution in [2.24, 2.45) is 0 Å². The topological polar surface area (TPSA) is 27.8 Å². The molecule has 0 radical (unpaired) electrons. The van der Waals surface area contributed by atoms with Crippen molar-refractivity contribution in [2.75, 3.05) is 0 Å². The van der Waals surface area contributed by atoms with Crippen LogP contribution < -0.4 is 5.32 Å². The Labute approximate surface area is 157 Å². The molecular formula is C22H23BrN2. The molecule has 0 aliphatic heterocycles. The minimum absolute atomic E-state index is 0.399. The van der Waals surface area contributed by atoms with Crippen LogP contribution in [0.25, 0.3) is 16.5 Å². The van der Waals surface area contributed by atoms with Crippen molar-refractivity contribution in [1.82, 2.24) is 10.3 Å². The summed E-state index contributed by atoms with van der Waals surface area (Å²) in [4.78, 5) is 3.66. The van der Waals surface area contributed by atoms with Crippen LogP contribution in [-0.4, -0.2) is 4.98 Å². The monoisotopic (exact) mass is 394 g/mol. The summed E-state index contributed by atoms with van der Waals surface area (Å²) < 4.78 is 1.15. The van der Waals surface area contributed by atoms with Gasteiger partial charge in [0.25, 0.3) is 0 Å². The van der Waals surface area contributed by atoms with Crippen LogP contribution in [0.15, 0.2) is 53.5 Å². The Morgan fingerprint density at radius 3 is 2.80 bits per heavy atom. The average Bonchev–Trinajstić information content (AvgIpc) is 2.99. The molecule has 0 spiro atoms. The third kappa shape index (κ3) is 3.31. The standard InChI is InChI=1S/C22H23BrN2/c1-14(2)16-8-6-15(7-9-16)13-24-21-5-3-4-18-19-12-17(23)10-11-20(19)25-22(18)21/h6-12,21,24-25H,1,3-5,13H2,2H3/t21-/m1/s1. The number of aromatic nitrogens is 1. The molecule has 4 rings (SSSR count). The maximum atomic E-state index is 4.00. The maximum absolute atomic E-state index is 4.00. The molecule has 2 aromatic carbocycles. The van der Waals surface area contributed by atoms with Crippen LogP contribution in [0.5, 0.6) is 0 Å². The normalized spacial score (nSPS) is 16.8. The summed E-state index contributed by atoms with van der Waals surface area (Å²) in [6.45, 7) is 6.94. The molecule has 1 aliphatic carbocycles. The minimum atomic E-state index is 0.399. The summed E-state index contributed by atoms with van der Waals surface area (Å²) in [6.07, 6.45) is 3.58. The molecule has 2 N–H and O–H groups in total. The molecule has 0 fully saturated rings. The molecule has 128 valence electrons. The van der Waals surface area contributed by atoms with Crippen LogP contribution >= 0.6 is 15.9 Å². The van der Waals surface area contributed by atoms with Crippen LogP contribution in [0.3, 0.4) is 0 Å². The fraction of sp³-hybridized carbons (Fsp3) is 0.273. The van der Waals surface area contributed by atoms with Crippen molar-refractivity contribution in [1.29, 1.82) is 0 Å². The lowest BCUT2D eigenvalue weighted by Gasteiger charge is -2.24. The predicted octanol–water partition coefficient (Wildman–Crippen LogP) is 6.13. The van der Waals surface area contributed by atoms with E-state index >= 15 is 0 Å². The van der Waals surface area contributed by atoms with Gasteiger partial charge in [-0.3, -0.25) is 0 Å². The third-order valence-electron chi connectivity index (χ3n) is 5.17. The number of hydrogen-bond acceptors (Lipinski definition) is 1. The number of allylic oxidation sites excluding steroid dienone is 1. The van der Waals surface area contributed by atoms with Gasteiger partial charge in [0.1, 0.15) is 0 Å². The number of benzene rings is 2. The summed E-state index contributed by atoms with van der Waals surface area (Å²) in [5.41, 5.74) is 7.74. The number of aromatic amines is 1. The van der Waals surface area contributed by atoms with Gasteiger partial charge in [-0.1, -0.05) is 52.3 Å². The predicted molar refractivity (Wildman–Crippen MR) is 110 cm³/mol. The largest absolute Gasteiger partial charge is 0.357 e. The van der Waals surface area contributed by atoms with E-state index in [1.165, 1.54) is 46.1 Å². The number of nitrogens with one attached hydrogen (secondary N) is 2. The van der Waals surface area contributed by atoms with Gasteiger partial charge in [0.15, 0.2) is 0 Å². The zero-order valence-electron chi connectivity index (χ0n) is 14.5. The molecule has 0 saturated carbocycles. The Balaban J connectivity index is 1.55. The smallest absolute Gasteiger partial charge is 0.0478 e. The van der Waals surface area contributed by atoms with Gasteiger partial charge in [0, 0.05) is 33.7 Å². The summed E-state index contributed by atoms with van der Waals surface area (Å²) in [6, 6.07) is 15.6. The lowest BCUT2D eigenvalue weighted by atomic mass is 9.91. The number of rotatable bonds is 4. The van der Waals surface area contributed by atoms with Crippen LogP contribution in [0.2, 0.25) is 0 Å². The Morgan fingerprint density at radius 1 is 1.24 bits per heavy atom. The van der Waals surface area contributed by atoms with Crippen molar-refractivity contribution in [3.05, 3.63) is 75.9 Å². The van der Waals surface area contributed by atoms with Crippen molar-refractivity contribution < 1.29 is 0 Å². The molecule has 0 bridgehead atoms. The molecule has 1 aliphatic rings. The minimum Gasteiger partial charge on any atom is -0.357 e. The van der Waals surface area contributed by atoms with Gasteiger partial charge in [0.2, 0.25) is 0 Å². The highest BCUT2D eigenvalue weighted by atomic mass is 79.9. The first-order chi connectivity index (χ1) is 12.1. The molecule has 25 heavy (non-hydrogen) atoms. The maximum Gasteiger partial charge on any atom is 0.0478 e. The van der Waals surface area contributed by atoms with E-state index in [9.17, 15) is 0 Å². The Kier molecular flexibility index (Phi) is 4.53. The number of H-pyrrole nitrogens is 1. The molecule has 1 aromatic heterocycles. The SMILES string of the molecule is C=C(C)c1ccc(CN[C@@H]2CCCc3c2[nH]c2ccc(Br)cc32)cc1. The van der Waals surface area contributed by atoms with Crippen molar-refractivity contribution in [3.8, 4) is 0 Å². The van der Waals surface area contributed by atoms with E-state index in [4.69, 9.17) is 0 Å². The van der Waals surface area contributed by atoms with E-state index in [1.807, 2.05) is 6.92 Å². The van der Waals surface area contributed by atoms with Crippen molar-refractivity contribution in [3.63, 3.8) is 0 Å². The summed E-state index contributed by atoms with van der Waals surface area (Å²) in [5.74, 6) is 0. The second kappa shape index (κ2) is 6.81. The Morgan fingerprint density at radius 2 is 2.04 bits per heavy atom. The summed E-state index contributed by atoms with van der Waals surface area (Å²) in [7, 11) is 0. The number of hydrogen-bond donors (Lipinski definition) is 2. The molecule has 1 atom stereocenters. The third-order valence-corrected chi connectivity index (χ3v) is 5.66. The molecule has 3 heteroatoms. The van der Waals surface area contributed by atoms with Gasteiger partial charge in [-0.25, -0.2) is 0 Å².